The lowest BCUT2D eigenvalue weighted by Gasteiger charge is -2.34. The third-order valence-electron chi connectivity index (χ3n) is 14.1. The second-order valence-corrected chi connectivity index (χ2v) is 21.1. The van der Waals surface area contributed by atoms with E-state index in [1.807, 2.05) is 6.08 Å². The molecule has 0 aromatic heterocycles. The first kappa shape index (κ1) is 72.1. The summed E-state index contributed by atoms with van der Waals surface area (Å²) in [7, 11) is 0. The van der Waals surface area contributed by atoms with Crippen molar-refractivity contribution in [3.8, 4) is 35.5 Å². The van der Waals surface area contributed by atoms with Gasteiger partial charge in [0, 0.05) is 111 Å². The summed E-state index contributed by atoms with van der Waals surface area (Å²) in [6.07, 6.45) is 40.2. The smallest absolute Gasteiger partial charge is 0.296 e. The number of allylic oxidation sites excluding steroid dienone is 1. The number of nitrogens with one attached hydrogen (secondary N) is 4. The Morgan fingerprint density at radius 2 is 0.737 bits per heavy atom. The predicted octanol–water partition coefficient (Wildman–Crippen LogP) is 12.3. The van der Waals surface area contributed by atoms with Gasteiger partial charge in [0.25, 0.3) is 5.91 Å². The van der Waals surface area contributed by atoms with Gasteiger partial charge >= 0.3 is 0 Å². The van der Waals surface area contributed by atoms with E-state index in [0.29, 0.717) is 19.4 Å². The molecule has 0 spiro atoms. The van der Waals surface area contributed by atoms with Crippen LogP contribution in [0.2, 0.25) is 0 Å². The molecule has 12 heteroatoms. The summed E-state index contributed by atoms with van der Waals surface area (Å²) in [4.78, 5) is 56.4. The van der Waals surface area contributed by atoms with Crippen molar-refractivity contribution in [3.63, 3.8) is 0 Å². The first-order valence-corrected chi connectivity index (χ1v) is 31.2. The van der Waals surface area contributed by atoms with Crippen LogP contribution in [0.3, 0.4) is 0 Å². The minimum Gasteiger partial charge on any atom is -0.356 e. The van der Waals surface area contributed by atoms with Crippen LogP contribution in [0.5, 0.6) is 0 Å². The highest BCUT2D eigenvalue weighted by Gasteiger charge is 2.17. The Bertz CT molecular complexity index is 1570. The first-order chi connectivity index (χ1) is 37.2. The summed E-state index contributed by atoms with van der Waals surface area (Å²) in [6, 6.07) is 0. The summed E-state index contributed by atoms with van der Waals surface area (Å²) >= 11 is 0. The van der Waals surface area contributed by atoms with Crippen LogP contribution in [0.25, 0.3) is 0 Å². The number of carbonyl (C=O) groups is 4. The standard InChI is InChI=1S/C34H68N4O2.C20H28N4O2.C10H20.5H2/c1-3-5-7-9-11-13-15-17-19-23-33(39)35-25-21-27-37-29-31-38(32-30-37)28-22-26-36-34(40)24-20-18-16-14-12-10-8-6-4-2;1-3-4-5-6-7-10-20(26)22-12-9-14-24-17-15-23(16-18-24)13-8-11-21-19(2)25;1-3-5-7-9-10-8-6-4-2;;;;;/h3-32H2,1-2H3,(H,35,39)(H,36,40);8-9,11-18H2,1-2H3,(H,21,25)(H,22,26);3H,1,4-10H2,2H3;5*1H. The summed E-state index contributed by atoms with van der Waals surface area (Å²) in [5.41, 5.74) is 0. The Morgan fingerprint density at radius 3 is 1.08 bits per heavy atom. The fourth-order valence-electron chi connectivity index (χ4n) is 9.30. The molecule has 4 amide bonds. The zero-order valence-corrected chi connectivity index (χ0v) is 49.9. The largest absolute Gasteiger partial charge is 0.356 e. The highest BCUT2D eigenvalue weighted by Crippen LogP contribution is 2.12. The predicted molar refractivity (Wildman–Crippen MR) is 333 cm³/mol. The fourth-order valence-corrected chi connectivity index (χ4v) is 9.30. The molecule has 0 aromatic rings. The number of hydrogen-bond donors (Lipinski definition) is 4. The molecule has 0 unspecified atom stereocenters. The van der Waals surface area contributed by atoms with Gasteiger partial charge in [-0.25, -0.2) is 0 Å². The highest BCUT2D eigenvalue weighted by atomic mass is 16.2. The van der Waals surface area contributed by atoms with E-state index >= 15 is 0 Å². The van der Waals surface area contributed by atoms with Crippen LogP contribution in [-0.4, -0.2) is 148 Å². The number of amides is 4. The van der Waals surface area contributed by atoms with Crippen LogP contribution in [0.1, 0.15) is 241 Å². The monoisotopic (exact) mass is 1070 g/mol. The number of carbonyl (C=O) groups excluding carboxylic acids is 4. The van der Waals surface area contributed by atoms with Gasteiger partial charge in [0.15, 0.2) is 0 Å². The Balaban J connectivity index is -0.000000295. The molecule has 0 aliphatic carbocycles. The van der Waals surface area contributed by atoms with Crippen molar-refractivity contribution in [1.82, 2.24) is 40.9 Å². The van der Waals surface area contributed by atoms with Crippen molar-refractivity contribution in [2.75, 3.05) is 105 Å². The minimum atomic E-state index is -0.298. The van der Waals surface area contributed by atoms with Crippen LogP contribution < -0.4 is 21.3 Å². The lowest BCUT2D eigenvalue weighted by atomic mass is 10.1. The second kappa shape index (κ2) is 57.3. The van der Waals surface area contributed by atoms with Gasteiger partial charge in [-0.05, 0) is 108 Å². The van der Waals surface area contributed by atoms with E-state index in [0.717, 1.165) is 137 Å². The van der Waals surface area contributed by atoms with E-state index in [4.69, 9.17) is 0 Å². The summed E-state index contributed by atoms with van der Waals surface area (Å²) < 4.78 is 0. The van der Waals surface area contributed by atoms with Crippen molar-refractivity contribution in [2.24, 2.45) is 0 Å². The molecule has 2 aliphatic rings. The van der Waals surface area contributed by atoms with Gasteiger partial charge in [-0.2, -0.15) is 0 Å². The molecule has 2 saturated heterocycles. The number of rotatable bonds is 43. The van der Waals surface area contributed by atoms with Crippen LogP contribution in [0.15, 0.2) is 12.7 Å². The SMILES string of the molecule is C=CCCCCCCCC.CC#CC#CC#CC(=O)NCCCN1CCN(CCCNC(C)=O)CC1.CCCCCCCCCCCC(=O)NCCCN1CCN(CCCNC(=O)CCCCCCCCCCC)CC1.[HH].[HH].[HH].[HH].[HH]. The van der Waals surface area contributed by atoms with Crippen molar-refractivity contribution in [2.45, 2.75) is 234 Å². The van der Waals surface area contributed by atoms with E-state index < -0.39 is 0 Å². The van der Waals surface area contributed by atoms with Gasteiger partial charge in [0.05, 0.1) is 0 Å². The maximum Gasteiger partial charge on any atom is 0.296 e. The summed E-state index contributed by atoms with van der Waals surface area (Å²) in [5.74, 6) is 15.3. The fraction of sp³-hybridized carbons (Fsp3) is 0.812. The molecule has 76 heavy (non-hydrogen) atoms. The average molecular weight is 1070 g/mol. The minimum absolute atomic E-state index is 0. The summed E-state index contributed by atoms with van der Waals surface area (Å²) in [5, 5.41) is 11.8. The maximum atomic E-state index is 12.1. The van der Waals surface area contributed by atoms with Crippen LogP contribution in [-0.2, 0) is 19.2 Å². The van der Waals surface area contributed by atoms with Crippen LogP contribution in [0.4, 0.5) is 0 Å². The molecule has 0 atom stereocenters. The lowest BCUT2D eigenvalue weighted by Crippen LogP contribution is -2.47. The van der Waals surface area contributed by atoms with Crippen LogP contribution >= 0.6 is 0 Å². The number of hydrogen-bond acceptors (Lipinski definition) is 8. The Morgan fingerprint density at radius 1 is 0.421 bits per heavy atom. The first-order valence-electron chi connectivity index (χ1n) is 31.2. The number of nitrogens with zero attached hydrogens (tertiary/aromatic N) is 4. The number of piperazine rings is 2. The van der Waals surface area contributed by atoms with E-state index in [2.05, 4.69) is 104 Å². The molecule has 4 N–H and O–H groups in total. The van der Waals surface area contributed by atoms with Gasteiger partial charge in [-0.15, -0.1) is 6.58 Å². The average Bonchev–Trinajstić information content (AvgIpc) is 3.42. The van der Waals surface area contributed by atoms with Gasteiger partial charge in [0.1, 0.15) is 0 Å². The molecule has 0 saturated carbocycles. The molecule has 2 aliphatic heterocycles. The van der Waals surface area contributed by atoms with Crippen molar-refractivity contribution >= 4 is 23.6 Å². The number of unbranched alkanes of at least 4 members (excludes halogenated alkanes) is 22. The molecule has 2 rings (SSSR count). The molecule has 2 fully saturated rings. The van der Waals surface area contributed by atoms with E-state index in [1.165, 1.54) is 148 Å². The van der Waals surface area contributed by atoms with Crippen molar-refractivity contribution in [3.05, 3.63) is 12.7 Å². The molecule has 2 heterocycles. The zero-order chi connectivity index (χ0) is 55.6. The van der Waals surface area contributed by atoms with E-state index in [-0.39, 0.29) is 30.8 Å². The van der Waals surface area contributed by atoms with Crippen molar-refractivity contribution < 1.29 is 26.3 Å². The molecule has 0 aromatic carbocycles. The molecule has 12 nitrogen and oxygen atoms in total. The van der Waals surface area contributed by atoms with Gasteiger partial charge in [0.2, 0.25) is 17.7 Å². The lowest BCUT2D eigenvalue weighted by molar-refractivity contribution is -0.122. The second-order valence-electron chi connectivity index (χ2n) is 21.1. The third-order valence-corrected chi connectivity index (χ3v) is 14.1. The van der Waals surface area contributed by atoms with Gasteiger partial charge < -0.3 is 40.9 Å². The molecule has 0 bridgehead atoms. The molecular formula is C64H126N8O4. The topological polar surface area (TPSA) is 129 Å². The molecular weight excluding hydrogens is 945 g/mol. The molecule has 446 valence electrons. The Labute approximate surface area is 475 Å². The van der Waals surface area contributed by atoms with E-state index in [9.17, 15) is 19.2 Å². The maximum absolute atomic E-state index is 12.1. The summed E-state index contributed by atoms with van der Waals surface area (Å²) in [6.45, 7) is 29.4. The van der Waals surface area contributed by atoms with E-state index in [1.54, 1.807) is 13.8 Å². The Hall–Kier alpha value is -3.86. The Kier molecular flexibility index (Phi) is 54.4. The van der Waals surface area contributed by atoms with Gasteiger partial charge in [-0.1, -0.05) is 168 Å². The zero-order valence-electron chi connectivity index (χ0n) is 49.9. The quantitative estimate of drug-likeness (QED) is 0.0270. The highest BCUT2D eigenvalue weighted by molar-refractivity contribution is 5.94. The molecule has 0 radical (unpaired) electrons. The normalized spacial score (nSPS) is 13.6. The van der Waals surface area contributed by atoms with Gasteiger partial charge in [-0.3, -0.25) is 19.2 Å². The third kappa shape index (κ3) is 52.2. The van der Waals surface area contributed by atoms with Crippen LogP contribution in [0, 0.1) is 35.5 Å². The van der Waals surface area contributed by atoms with Crippen molar-refractivity contribution in [1.29, 1.82) is 0 Å².